The molecule has 2 heterocycles. The number of pyridine rings is 1. The third-order valence-corrected chi connectivity index (χ3v) is 6.49. The van der Waals surface area contributed by atoms with Crippen LogP contribution in [0, 0.1) is 24.1 Å². The minimum absolute atomic E-state index is 0.294. The zero-order valence-corrected chi connectivity index (χ0v) is 18.8. The Morgan fingerprint density at radius 3 is 2.47 bits per heavy atom. The summed E-state index contributed by atoms with van der Waals surface area (Å²) in [6.45, 7) is 2.02. The monoisotopic (exact) mass is 443 g/mol. The molecule has 0 radical (unpaired) electrons. The SMILES string of the molecule is Cc1ccc2c(oc3c(-c4ccc5ccccc5c4)cc(C#N)cc32)c1-c1ccc(F)c[n+]1C. The number of furan rings is 1. The fourth-order valence-electron chi connectivity index (χ4n) is 4.83. The highest BCUT2D eigenvalue weighted by molar-refractivity contribution is 6.14. The van der Waals surface area contributed by atoms with E-state index in [1.54, 1.807) is 10.6 Å². The third-order valence-electron chi connectivity index (χ3n) is 6.49. The lowest BCUT2D eigenvalue weighted by molar-refractivity contribution is -0.661. The molecule has 0 aliphatic heterocycles. The molecule has 0 aliphatic rings. The van der Waals surface area contributed by atoms with Crippen LogP contribution in [0.3, 0.4) is 0 Å². The average Bonchev–Trinajstić information content (AvgIpc) is 3.22. The van der Waals surface area contributed by atoms with E-state index in [-0.39, 0.29) is 5.82 Å². The predicted octanol–water partition coefficient (Wildman–Crippen LogP) is 7.22. The summed E-state index contributed by atoms with van der Waals surface area (Å²) >= 11 is 0. The standard InChI is InChI=1S/C30H20FN2O/c1-18-7-11-24-26-14-19(16-32)13-25(22-9-8-20-5-3-4-6-21(20)15-22)29(26)34-30(24)28(18)27-12-10-23(31)17-33(27)2/h3-15,17H,1-2H3/q+1. The molecule has 34 heavy (non-hydrogen) atoms. The number of halogens is 1. The Labute approximate surface area is 195 Å². The first kappa shape index (κ1) is 20.1. The summed E-state index contributed by atoms with van der Waals surface area (Å²) in [5, 5.41) is 13.9. The van der Waals surface area contributed by atoms with Crippen LogP contribution in [-0.2, 0) is 7.05 Å². The van der Waals surface area contributed by atoms with Crippen LogP contribution in [0.15, 0.2) is 89.5 Å². The average molecular weight is 444 g/mol. The van der Waals surface area contributed by atoms with E-state index in [1.807, 2.05) is 50.4 Å². The topological polar surface area (TPSA) is 40.8 Å². The van der Waals surface area contributed by atoms with Crippen molar-refractivity contribution in [3.63, 3.8) is 0 Å². The van der Waals surface area contributed by atoms with Crippen molar-refractivity contribution in [1.82, 2.24) is 0 Å². The van der Waals surface area contributed by atoms with Crippen LogP contribution < -0.4 is 4.57 Å². The van der Waals surface area contributed by atoms with Gasteiger partial charge in [-0.1, -0.05) is 48.5 Å². The molecule has 0 bridgehead atoms. The van der Waals surface area contributed by atoms with Crippen LogP contribution in [0.4, 0.5) is 4.39 Å². The first-order valence-corrected chi connectivity index (χ1v) is 11.1. The third kappa shape index (κ3) is 3.06. The number of fused-ring (bicyclic) bond motifs is 4. The quantitative estimate of drug-likeness (QED) is 0.265. The van der Waals surface area contributed by atoms with Crippen molar-refractivity contribution in [1.29, 1.82) is 5.26 Å². The fraction of sp³-hybridized carbons (Fsp3) is 0.0667. The van der Waals surface area contributed by atoms with Gasteiger partial charge in [-0.15, -0.1) is 0 Å². The second-order valence-electron chi connectivity index (χ2n) is 8.65. The Morgan fingerprint density at radius 2 is 1.68 bits per heavy atom. The van der Waals surface area contributed by atoms with Crippen LogP contribution in [0.2, 0.25) is 0 Å². The predicted molar refractivity (Wildman–Crippen MR) is 133 cm³/mol. The summed E-state index contributed by atoms with van der Waals surface area (Å²) in [5.41, 5.74) is 6.72. The van der Waals surface area contributed by atoms with Crippen LogP contribution in [-0.4, -0.2) is 0 Å². The van der Waals surface area contributed by atoms with Crippen molar-refractivity contribution in [2.75, 3.05) is 0 Å². The lowest BCUT2D eigenvalue weighted by atomic mass is 9.96. The van der Waals surface area contributed by atoms with Crippen molar-refractivity contribution in [2.24, 2.45) is 7.05 Å². The van der Waals surface area contributed by atoms with Crippen molar-refractivity contribution >= 4 is 32.7 Å². The Hall–Kier alpha value is -4.49. The summed E-state index contributed by atoms with van der Waals surface area (Å²) in [7, 11) is 1.83. The highest BCUT2D eigenvalue weighted by Crippen LogP contribution is 2.41. The van der Waals surface area contributed by atoms with E-state index in [1.165, 1.54) is 12.3 Å². The number of rotatable bonds is 2. The largest absolute Gasteiger partial charge is 0.454 e. The molecule has 2 aromatic heterocycles. The van der Waals surface area contributed by atoms with Gasteiger partial charge in [0.25, 0.3) is 0 Å². The number of aromatic nitrogens is 1. The molecule has 0 unspecified atom stereocenters. The molecule has 3 nitrogen and oxygen atoms in total. The number of aryl methyl sites for hydroxylation is 2. The molecular formula is C30H20FN2O+. The van der Waals surface area contributed by atoms with E-state index in [0.717, 1.165) is 60.7 Å². The molecule has 0 fully saturated rings. The molecule has 162 valence electrons. The van der Waals surface area contributed by atoms with Gasteiger partial charge in [-0.3, -0.25) is 0 Å². The summed E-state index contributed by atoms with van der Waals surface area (Å²) in [4.78, 5) is 0. The highest BCUT2D eigenvalue weighted by atomic mass is 19.1. The molecule has 0 aliphatic carbocycles. The van der Waals surface area contributed by atoms with E-state index in [9.17, 15) is 9.65 Å². The molecule has 6 aromatic rings. The van der Waals surface area contributed by atoms with Crippen LogP contribution in [0.25, 0.3) is 55.1 Å². The normalized spacial score (nSPS) is 11.4. The van der Waals surface area contributed by atoms with Crippen molar-refractivity contribution in [3.05, 3.63) is 102 Å². The van der Waals surface area contributed by atoms with Gasteiger partial charge in [0.15, 0.2) is 5.82 Å². The molecule has 4 heteroatoms. The van der Waals surface area contributed by atoms with Crippen molar-refractivity contribution in [2.45, 2.75) is 6.92 Å². The van der Waals surface area contributed by atoms with E-state index in [2.05, 4.69) is 36.4 Å². The molecule has 0 saturated heterocycles. The maximum Gasteiger partial charge on any atom is 0.216 e. The van der Waals surface area contributed by atoms with Gasteiger partial charge in [0, 0.05) is 22.4 Å². The number of hydrogen-bond donors (Lipinski definition) is 0. The van der Waals surface area contributed by atoms with E-state index < -0.39 is 0 Å². The molecule has 0 atom stereocenters. The summed E-state index contributed by atoms with van der Waals surface area (Å²) in [6.07, 6.45) is 1.46. The van der Waals surface area contributed by atoms with Gasteiger partial charge in [-0.25, -0.2) is 4.39 Å². The van der Waals surface area contributed by atoms with Gasteiger partial charge in [0.1, 0.15) is 18.2 Å². The molecule has 0 saturated carbocycles. The second kappa shape index (κ2) is 7.54. The summed E-state index contributed by atoms with van der Waals surface area (Å²) in [6, 6.07) is 27.9. The zero-order chi connectivity index (χ0) is 23.4. The lowest BCUT2D eigenvalue weighted by Crippen LogP contribution is -2.31. The van der Waals surface area contributed by atoms with Crippen molar-refractivity contribution in [3.8, 4) is 28.5 Å². The number of nitriles is 1. The molecule has 0 spiro atoms. The van der Waals surface area contributed by atoms with Crippen LogP contribution in [0.1, 0.15) is 11.1 Å². The molecule has 4 aromatic carbocycles. The first-order chi connectivity index (χ1) is 16.5. The van der Waals surface area contributed by atoms with Gasteiger partial charge in [-0.2, -0.15) is 9.83 Å². The number of benzene rings is 4. The van der Waals surface area contributed by atoms with Crippen LogP contribution in [0.5, 0.6) is 0 Å². The maximum absolute atomic E-state index is 13.8. The number of nitrogens with zero attached hydrogens (tertiary/aromatic N) is 2. The minimum atomic E-state index is -0.294. The zero-order valence-electron chi connectivity index (χ0n) is 18.8. The lowest BCUT2D eigenvalue weighted by Gasteiger charge is -2.06. The smallest absolute Gasteiger partial charge is 0.216 e. The Balaban J connectivity index is 1.70. The Kier molecular flexibility index (Phi) is 4.46. The number of hydrogen-bond acceptors (Lipinski definition) is 2. The van der Waals surface area contributed by atoms with Gasteiger partial charge < -0.3 is 4.42 Å². The molecule has 0 N–H and O–H groups in total. The highest BCUT2D eigenvalue weighted by Gasteiger charge is 2.22. The second-order valence-corrected chi connectivity index (χ2v) is 8.65. The van der Waals surface area contributed by atoms with E-state index >= 15 is 0 Å². The van der Waals surface area contributed by atoms with Gasteiger partial charge in [-0.05, 0) is 53.1 Å². The molecule has 0 amide bonds. The Bertz CT molecular complexity index is 1810. The van der Waals surface area contributed by atoms with Crippen LogP contribution >= 0.6 is 0 Å². The summed E-state index contributed by atoms with van der Waals surface area (Å²) < 4.78 is 22.2. The Morgan fingerprint density at radius 1 is 0.853 bits per heavy atom. The maximum atomic E-state index is 13.8. The van der Waals surface area contributed by atoms with Gasteiger partial charge in [0.05, 0.1) is 17.2 Å². The first-order valence-electron chi connectivity index (χ1n) is 11.1. The van der Waals surface area contributed by atoms with E-state index in [0.29, 0.717) is 5.56 Å². The van der Waals surface area contributed by atoms with Gasteiger partial charge in [0.2, 0.25) is 11.9 Å². The summed E-state index contributed by atoms with van der Waals surface area (Å²) in [5.74, 6) is -0.294. The fourth-order valence-corrected chi connectivity index (χ4v) is 4.83. The molecule has 6 rings (SSSR count). The van der Waals surface area contributed by atoms with E-state index in [4.69, 9.17) is 4.42 Å². The molecular weight excluding hydrogens is 423 g/mol. The van der Waals surface area contributed by atoms with Crippen molar-refractivity contribution < 1.29 is 13.4 Å². The minimum Gasteiger partial charge on any atom is -0.454 e. The van der Waals surface area contributed by atoms with Gasteiger partial charge >= 0.3 is 0 Å².